The van der Waals surface area contributed by atoms with Crippen LogP contribution in [0.2, 0.25) is 0 Å². The average molecular weight is 241 g/mol. The lowest BCUT2D eigenvalue weighted by Gasteiger charge is -2.01. The maximum atomic E-state index is 11.2. The third kappa shape index (κ3) is 11.0. The Kier molecular flexibility index (Phi) is 10.3. The van der Waals surface area contributed by atoms with Gasteiger partial charge in [0.05, 0.1) is 6.61 Å². The van der Waals surface area contributed by atoms with Crippen LogP contribution in [0.5, 0.6) is 0 Å². The van der Waals surface area contributed by atoms with Gasteiger partial charge in [0, 0.05) is 18.7 Å². The Balaban J connectivity index is 3.56. The Morgan fingerprint density at radius 1 is 1.06 bits per heavy atom. The molecule has 0 atom stereocenters. The van der Waals surface area contributed by atoms with E-state index in [0.717, 1.165) is 32.1 Å². The molecule has 4 heteroatoms. The zero-order valence-electron chi connectivity index (χ0n) is 10.8. The average Bonchev–Trinajstić information content (AvgIpc) is 2.33. The molecule has 0 aromatic carbocycles. The van der Waals surface area contributed by atoms with Gasteiger partial charge in [-0.3, -0.25) is 4.79 Å². The number of carbonyl (C=O) groups is 2. The van der Waals surface area contributed by atoms with Crippen LogP contribution in [-0.4, -0.2) is 25.0 Å². The zero-order valence-corrected chi connectivity index (χ0v) is 10.8. The summed E-state index contributed by atoms with van der Waals surface area (Å²) in [7, 11) is 0. The van der Waals surface area contributed by atoms with E-state index < -0.39 is 5.97 Å². The topological polar surface area (TPSA) is 55.4 Å². The van der Waals surface area contributed by atoms with Gasteiger partial charge in [-0.2, -0.15) is 0 Å². The highest BCUT2D eigenvalue weighted by Gasteiger charge is 1.98. The molecule has 0 aliphatic heterocycles. The molecular formula is C13H23NO3. The van der Waals surface area contributed by atoms with Crippen LogP contribution in [-0.2, 0) is 14.3 Å². The summed E-state index contributed by atoms with van der Waals surface area (Å²) in [5, 5.41) is 2.64. The monoisotopic (exact) mass is 241 g/mol. The number of amides is 1. The molecule has 0 unspecified atom stereocenters. The Morgan fingerprint density at radius 2 is 1.82 bits per heavy atom. The Hall–Kier alpha value is -1.32. The summed E-state index contributed by atoms with van der Waals surface area (Å²) in [6, 6.07) is 0. The first-order valence-electron chi connectivity index (χ1n) is 6.33. The summed E-state index contributed by atoms with van der Waals surface area (Å²) in [6.45, 7) is 5.15. The standard InChI is InChI=1S/C13H23NO3/c1-3-5-6-7-11-17-13(16)9-8-12(15)14-10-4-2/h8-9H,3-7,10-11H2,1-2H3,(H,14,15)/b9-8-. The normalized spacial score (nSPS) is 10.5. The van der Waals surface area contributed by atoms with E-state index in [1.54, 1.807) is 0 Å². The van der Waals surface area contributed by atoms with Crippen LogP contribution in [0.4, 0.5) is 0 Å². The number of hydrogen-bond donors (Lipinski definition) is 1. The van der Waals surface area contributed by atoms with Crippen molar-refractivity contribution in [2.24, 2.45) is 0 Å². The van der Waals surface area contributed by atoms with Gasteiger partial charge in [0.15, 0.2) is 0 Å². The number of unbranched alkanes of at least 4 members (excludes halogenated alkanes) is 3. The van der Waals surface area contributed by atoms with Crippen molar-refractivity contribution in [1.29, 1.82) is 0 Å². The van der Waals surface area contributed by atoms with E-state index in [4.69, 9.17) is 4.74 Å². The quantitative estimate of drug-likeness (QED) is 0.382. The van der Waals surface area contributed by atoms with Crippen LogP contribution in [0.3, 0.4) is 0 Å². The van der Waals surface area contributed by atoms with Crippen LogP contribution in [0.25, 0.3) is 0 Å². The van der Waals surface area contributed by atoms with Gasteiger partial charge in [0.1, 0.15) is 0 Å². The van der Waals surface area contributed by atoms with Crippen molar-refractivity contribution in [3.63, 3.8) is 0 Å². The minimum absolute atomic E-state index is 0.255. The lowest BCUT2D eigenvalue weighted by molar-refractivity contribution is -0.138. The van der Waals surface area contributed by atoms with Gasteiger partial charge in [-0.1, -0.05) is 33.1 Å². The molecule has 0 aliphatic carbocycles. The van der Waals surface area contributed by atoms with E-state index in [1.807, 2.05) is 6.92 Å². The SMILES string of the molecule is CCCCCCOC(=O)/C=C\C(=O)NCCC. The smallest absolute Gasteiger partial charge is 0.330 e. The first-order valence-corrected chi connectivity index (χ1v) is 6.33. The van der Waals surface area contributed by atoms with E-state index in [9.17, 15) is 9.59 Å². The maximum absolute atomic E-state index is 11.2. The fourth-order valence-corrected chi connectivity index (χ4v) is 1.20. The van der Waals surface area contributed by atoms with Crippen LogP contribution >= 0.6 is 0 Å². The molecule has 98 valence electrons. The third-order valence-corrected chi connectivity index (χ3v) is 2.16. The van der Waals surface area contributed by atoms with Crippen LogP contribution in [0, 0.1) is 0 Å². The van der Waals surface area contributed by atoms with Gasteiger partial charge in [0.2, 0.25) is 5.91 Å². The minimum atomic E-state index is -0.451. The Bertz CT molecular complexity index is 249. The van der Waals surface area contributed by atoms with Gasteiger partial charge in [-0.15, -0.1) is 0 Å². The summed E-state index contributed by atoms with van der Waals surface area (Å²) in [6.07, 6.45) is 7.54. The van der Waals surface area contributed by atoms with Gasteiger partial charge in [-0.05, 0) is 12.8 Å². The largest absolute Gasteiger partial charge is 0.463 e. The number of carbonyl (C=O) groups excluding carboxylic acids is 2. The summed E-state index contributed by atoms with van der Waals surface area (Å²) in [5.41, 5.74) is 0. The van der Waals surface area contributed by atoms with Crippen LogP contribution < -0.4 is 5.32 Å². The van der Waals surface area contributed by atoms with Gasteiger partial charge < -0.3 is 10.1 Å². The van der Waals surface area contributed by atoms with E-state index in [2.05, 4.69) is 12.2 Å². The predicted octanol–water partition coefficient (Wildman–Crippen LogP) is 2.19. The second kappa shape index (κ2) is 11.2. The van der Waals surface area contributed by atoms with Crippen molar-refractivity contribution in [3.05, 3.63) is 12.2 Å². The summed E-state index contributed by atoms with van der Waals surface area (Å²) in [5.74, 6) is -0.706. The number of ether oxygens (including phenoxy) is 1. The first-order chi connectivity index (χ1) is 8.20. The molecule has 1 amide bonds. The second-order valence-corrected chi connectivity index (χ2v) is 3.85. The Morgan fingerprint density at radius 3 is 2.47 bits per heavy atom. The van der Waals surface area contributed by atoms with Crippen molar-refractivity contribution in [2.75, 3.05) is 13.2 Å². The molecule has 0 aromatic rings. The van der Waals surface area contributed by atoms with E-state index in [1.165, 1.54) is 12.2 Å². The molecule has 0 aromatic heterocycles. The summed E-state index contributed by atoms with van der Waals surface area (Å²) in [4.78, 5) is 22.3. The highest BCUT2D eigenvalue weighted by molar-refractivity contribution is 5.94. The molecule has 0 radical (unpaired) electrons. The van der Waals surface area contributed by atoms with Crippen molar-refractivity contribution in [2.45, 2.75) is 46.0 Å². The molecular weight excluding hydrogens is 218 g/mol. The van der Waals surface area contributed by atoms with Crippen LogP contribution in [0.1, 0.15) is 46.0 Å². The van der Waals surface area contributed by atoms with E-state index in [-0.39, 0.29) is 5.91 Å². The van der Waals surface area contributed by atoms with E-state index in [0.29, 0.717) is 13.2 Å². The maximum Gasteiger partial charge on any atom is 0.330 e. The molecule has 1 N–H and O–H groups in total. The summed E-state index contributed by atoms with van der Waals surface area (Å²) >= 11 is 0. The lowest BCUT2D eigenvalue weighted by atomic mass is 10.2. The molecule has 0 saturated heterocycles. The Labute approximate surface area is 103 Å². The molecule has 0 bridgehead atoms. The lowest BCUT2D eigenvalue weighted by Crippen LogP contribution is -2.21. The van der Waals surface area contributed by atoms with E-state index >= 15 is 0 Å². The number of esters is 1. The first kappa shape index (κ1) is 15.7. The number of rotatable bonds is 9. The van der Waals surface area contributed by atoms with Gasteiger partial charge >= 0.3 is 5.97 Å². The van der Waals surface area contributed by atoms with Crippen molar-refractivity contribution in [1.82, 2.24) is 5.32 Å². The molecule has 0 rings (SSSR count). The fraction of sp³-hybridized carbons (Fsp3) is 0.692. The van der Waals surface area contributed by atoms with Gasteiger partial charge in [-0.25, -0.2) is 4.79 Å². The number of nitrogens with one attached hydrogen (secondary N) is 1. The molecule has 17 heavy (non-hydrogen) atoms. The highest BCUT2D eigenvalue weighted by atomic mass is 16.5. The molecule has 0 heterocycles. The van der Waals surface area contributed by atoms with Crippen LogP contribution in [0.15, 0.2) is 12.2 Å². The number of hydrogen-bond acceptors (Lipinski definition) is 3. The molecule has 4 nitrogen and oxygen atoms in total. The third-order valence-electron chi connectivity index (χ3n) is 2.16. The van der Waals surface area contributed by atoms with Gasteiger partial charge in [0.25, 0.3) is 0 Å². The molecule has 0 fully saturated rings. The molecule has 0 saturated carbocycles. The molecule has 0 spiro atoms. The van der Waals surface area contributed by atoms with Crippen molar-refractivity contribution < 1.29 is 14.3 Å². The summed E-state index contributed by atoms with van der Waals surface area (Å²) < 4.78 is 4.94. The van der Waals surface area contributed by atoms with Crippen molar-refractivity contribution >= 4 is 11.9 Å². The fourth-order valence-electron chi connectivity index (χ4n) is 1.20. The predicted molar refractivity (Wildman–Crippen MR) is 67.5 cm³/mol. The second-order valence-electron chi connectivity index (χ2n) is 3.85. The van der Waals surface area contributed by atoms with Crippen molar-refractivity contribution in [3.8, 4) is 0 Å². The molecule has 0 aliphatic rings. The zero-order chi connectivity index (χ0) is 12.9. The minimum Gasteiger partial charge on any atom is -0.463 e. The highest BCUT2D eigenvalue weighted by Crippen LogP contribution is 1.99.